The van der Waals surface area contributed by atoms with Crippen molar-refractivity contribution in [2.45, 2.75) is 19.4 Å². The van der Waals surface area contributed by atoms with Gasteiger partial charge in [0.25, 0.3) is 0 Å². The van der Waals surface area contributed by atoms with Gasteiger partial charge in [-0.1, -0.05) is 30.4 Å². The van der Waals surface area contributed by atoms with Gasteiger partial charge < -0.3 is 9.64 Å². The van der Waals surface area contributed by atoms with E-state index >= 15 is 0 Å². The lowest BCUT2D eigenvalue weighted by molar-refractivity contribution is -0.146. The Bertz CT molecular complexity index is 987. The first kappa shape index (κ1) is 19.2. The van der Waals surface area contributed by atoms with Gasteiger partial charge in [-0.2, -0.15) is 0 Å². The lowest BCUT2D eigenvalue weighted by Crippen LogP contribution is -2.41. The van der Waals surface area contributed by atoms with Crippen LogP contribution in [0.5, 0.6) is 5.75 Å². The van der Waals surface area contributed by atoms with Crippen LogP contribution >= 0.6 is 0 Å². The van der Waals surface area contributed by atoms with Crippen molar-refractivity contribution in [3.8, 4) is 5.75 Å². The fourth-order valence-electron chi connectivity index (χ4n) is 4.14. The van der Waals surface area contributed by atoms with Crippen LogP contribution in [0.4, 0.5) is 0 Å². The van der Waals surface area contributed by atoms with E-state index in [1.165, 1.54) is 0 Å². The molecule has 4 rings (SSSR count). The van der Waals surface area contributed by atoms with E-state index in [2.05, 4.69) is 0 Å². The smallest absolute Gasteiger partial charge is 0.242 e. The number of imide groups is 1. The zero-order valence-corrected chi connectivity index (χ0v) is 16.6. The maximum absolute atomic E-state index is 12.7. The second-order valence-electron chi connectivity index (χ2n) is 7.72. The molecule has 6 heteroatoms. The summed E-state index contributed by atoms with van der Waals surface area (Å²) in [6.45, 7) is 0.220. The normalized spacial score (nSPS) is 20.8. The zero-order valence-electron chi connectivity index (χ0n) is 16.6. The molecule has 1 fully saturated rings. The Morgan fingerprint density at radius 2 is 1.66 bits per heavy atom. The quantitative estimate of drug-likeness (QED) is 0.580. The molecule has 0 N–H and O–H groups in total. The highest BCUT2D eigenvalue weighted by atomic mass is 16.5. The van der Waals surface area contributed by atoms with Crippen LogP contribution in [0.15, 0.2) is 48.6 Å². The Balaban J connectivity index is 1.42. The average Bonchev–Trinajstić information content (AvgIpc) is 2.98. The number of fused-ring (bicyclic) bond motifs is 2. The van der Waals surface area contributed by atoms with Gasteiger partial charge in [0.15, 0.2) is 0 Å². The monoisotopic (exact) mass is 392 g/mol. The van der Waals surface area contributed by atoms with Crippen molar-refractivity contribution in [3.05, 3.63) is 54.1 Å². The van der Waals surface area contributed by atoms with E-state index in [0.717, 1.165) is 27.0 Å². The van der Waals surface area contributed by atoms with E-state index in [1.54, 1.807) is 19.1 Å². The first-order valence-electron chi connectivity index (χ1n) is 9.79. The lowest BCUT2D eigenvalue weighted by Gasteiger charge is -2.21. The number of carbonyl (C=O) groups is 3. The summed E-state index contributed by atoms with van der Waals surface area (Å²) in [6.07, 6.45) is 5.05. The summed E-state index contributed by atoms with van der Waals surface area (Å²) >= 11 is 0. The largest absolute Gasteiger partial charge is 0.497 e. The molecule has 0 spiro atoms. The van der Waals surface area contributed by atoms with Crippen LogP contribution in [0.25, 0.3) is 10.8 Å². The van der Waals surface area contributed by atoms with Crippen molar-refractivity contribution < 1.29 is 19.1 Å². The maximum atomic E-state index is 12.7. The first-order valence-corrected chi connectivity index (χ1v) is 9.79. The van der Waals surface area contributed by atoms with Gasteiger partial charge in [0.2, 0.25) is 17.7 Å². The predicted molar refractivity (Wildman–Crippen MR) is 109 cm³/mol. The average molecular weight is 392 g/mol. The van der Waals surface area contributed by atoms with Crippen LogP contribution in [0.3, 0.4) is 0 Å². The fourth-order valence-corrected chi connectivity index (χ4v) is 4.14. The number of amides is 3. The van der Waals surface area contributed by atoms with Crippen molar-refractivity contribution in [1.29, 1.82) is 0 Å². The molecular formula is C23H24N2O4. The van der Waals surface area contributed by atoms with E-state index in [9.17, 15) is 14.4 Å². The Labute approximate surface area is 169 Å². The molecule has 29 heavy (non-hydrogen) atoms. The Morgan fingerprint density at radius 3 is 2.31 bits per heavy atom. The van der Waals surface area contributed by atoms with Gasteiger partial charge in [-0.15, -0.1) is 0 Å². The molecule has 1 aliphatic carbocycles. The zero-order chi connectivity index (χ0) is 20.5. The summed E-state index contributed by atoms with van der Waals surface area (Å²) in [5.41, 5.74) is 0.982. The topological polar surface area (TPSA) is 66.9 Å². The van der Waals surface area contributed by atoms with Crippen LogP contribution in [-0.2, 0) is 20.9 Å². The highest BCUT2D eigenvalue weighted by Crippen LogP contribution is 2.35. The second-order valence-corrected chi connectivity index (χ2v) is 7.72. The minimum Gasteiger partial charge on any atom is -0.497 e. The van der Waals surface area contributed by atoms with Gasteiger partial charge in [-0.25, -0.2) is 0 Å². The number of hydrogen-bond donors (Lipinski definition) is 0. The molecule has 0 bridgehead atoms. The molecule has 0 unspecified atom stereocenters. The van der Waals surface area contributed by atoms with Gasteiger partial charge in [0.1, 0.15) is 12.3 Å². The molecule has 2 atom stereocenters. The summed E-state index contributed by atoms with van der Waals surface area (Å²) in [5.74, 6) is -0.482. The van der Waals surface area contributed by atoms with E-state index in [1.807, 2.05) is 48.6 Å². The third-order valence-electron chi connectivity index (χ3n) is 5.85. The molecule has 1 aliphatic heterocycles. The summed E-state index contributed by atoms with van der Waals surface area (Å²) in [4.78, 5) is 40.5. The maximum Gasteiger partial charge on any atom is 0.242 e. The van der Waals surface area contributed by atoms with Crippen molar-refractivity contribution in [2.75, 3.05) is 20.7 Å². The number of nitrogens with zero attached hydrogens (tertiary/aromatic N) is 2. The van der Waals surface area contributed by atoms with Crippen LogP contribution < -0.4 is 4.74 Å². The number of carbonyl (C=O) groups excluding carboxylic acids is 3. The summed E-state index contributed by atoms with van der Waals surface area (Å²) in [7, 11) is 3.33. The van der Waals surface area contributed by atoms with Crippen LogP contribution in [0.1, 0.15) is 18.4 Å². The summed E-state index contributed by atoms with van der Waals surface area (Å²) < 4.78 is 5.25. The molecule has 150 valence electrons. The van der Waals surface area contributed by atoms with Crippen molar-refractivity contribution >= 4 is 28.5 Å². The molecule has 3 amide bonds. The third-order valence-corrected chi connectivity index (χ3v) is 5.85. The highest BCUT2D eigenvalue weighted by Gasteiger charge is 2.47. The molecule has 0 radical (unpaired) electrons. The number of methoxy groups -OCH3 is 1. The van der Waals surface area contributed by atoms with Crippen molar-refractivity contribution in [3.63, 3.8) is 0 Å². The Hall–Kier alpha value is -3.15. The van der Waals surface area contributed by atoms with Crippen LogP contribution in [0, 0.1) is 11.8 Å². The van der Waals surface area contributed by atoms with Gasteiger partial charge in [0.05, 0.1) is 18.9 Å². The van der Waals surface area contributed by atoms with Crippen LogP contribution in [0.2, 0.25) is 0 Å². The van der Waals surface area contributed by atoms with Gasteiger partial charge >= 0.3 is 0 Å². The van der Waals surface area contributed by atoms with E-state index in [0.29, 0.717) is 19.4 Å². The molecule has 2 aromatic carbocycles. The first-order chi connectivity index (χ1) is 14.0. The molecule has 6 nitrogen and oxygen atoms in total. The van der Waals surface area contributed by atoms with E-state index < -0.39 is 0 Å². The van der Waals surface area contributed by atoms with Gasteiger partial charge in [-0.3, -0.25) is 19.3 Å². The number of likely N-dealkylation sites (tertiary alicyclic amines) is 1. The molecule has 2 aliphatic rings. The SMILES string of the molecule is COc1ccc2cc(CN(C)C(=O)CN3C(=O)[C@H]4CC=CC[C@@H]4C3=O)ccc2c1. The van der Waals surface area contributed by atoms with Crippen LogP contribution in [-0.4, -0.2) is 48.2 Å². The second kappa shape index (κ2) is 7.70. The standard InChI is InChI=1S/C23H24N2O4/c1-24(13-15-7-8-17-12-18(29-2)10-9-16(17)11-15)21(26)14-25-22(27)19-5-3-4-6-20(19)23(25)28/h3-4,7-12,19-20H,5-6,13-14H2,1-2H3/t19-,20-/m0/s1. The van der Waals surface area contributed by atoms with Crippen molar-refractivity contribution in [1.82, 2.24) is 9.80 Å². The van der Waals surface area contributed by atoms with Gasteiger partial charge in [-0.05, 0) is 47.4 Å². The molecule has 1 heterocycles. The number of likely N-dealkylation sites (N-methyl/N-ethyl adjacent to an activating group) is 1. The van der Waals surface area contributed by atoms with E-state index in [4.69, 9.17) is 4.74 Å². The predicted octanol–water partition coefficient (Wildman–Crippen LogP) is 2.76. The van der Waals surface area contributed by atoms with E-state index in [-0.39, 0.29) is 36.1 Å². The number of hydrogen-bond acceptors (Lipinski definition) is 4. The molecule has 0 saturated carbocycles. The summed E-state index contributed by atoms with van der Waals surface area (Å²) in [6, 6.07) is 11.9. The Kier molecular flexibility index (Phi) is 5.09. The lowest BCUT2D eigenvalue weighted by atomic mass is 9.85. The molecule has 0 aromatic heterocycles. The minimum atomic E-state index is -0.303. The number of ether oxygens (including phenoxy) is 1. The number of rotatable bonds is 5. The minimum absolute atomic E-state index is 0.189. The number of benzene rings is 2. The molecule has 2 aromatic rings. The highest BCUT2D eigenvalue weighted by molar-refractivity contribution is 6.07. The number of allylic oxidation sites excluding steroid dienone is 2. The molecule has 1 saturated heterocycles. The van der Waals surface area contributed by atoms with Gasteiger partial charge in [0, 0.05) is 13.6 Å². The third kappa shape index (κ3) is 3.62. The fraction of sp³-hybridized carbons (Fsp3) is 0.348. The summed E-state index contributed by atoms with van der Waals surface area (Å²) in [5, 5.41) is 2.12. The Morgan fingerprint density at radius 1 is 1.03 bits per heavy atom. The molecular weight excluding hydrogens is 368 g/mol. The van der Waals surface area contributed by atoms with Crippen molar-refractivity contribution in [2.24, 2.45) is 11.8 Å².